The highest BCUT2D eigenvalue weighted by atomic mass is 79.9. The Labute approximate surface area is 154 Å². The number of furan rings is 1. The molecule has 24 heavy (non-hydrogen) atoms. The van der Waals surface area contributed by atoms with Crippen molar-refractivity contribution < 1.29 is 17.6 Å². The standard InChI is InChI=1S/C16H18BrNO4S2/c1-24(20,21)15-9-8-13(22-15)16(19)18-10-4-5-11-23-14-7-3-2-6-12(14)17/h2-3,6-9H,4-5,10-11H2,1H3,(H,18,19). The molecular weight excluding hydrogens is 414 g/mol. The van der Waals surface area contributed by atoms with Gasteiger partial charge in [-0.05, 0) is 58.8 Å². The summed E-state index contributed by atoms with van der Waals surface area (Å²) in [5.74, 6) is 0.568. The number of carbonyl (C=O) groups is 1. The third kappa shape index (κ3) is 5.68. The second-order valence-electron chi connectivity index (χ2n) is 5.13. The molecule has 0 radical (unpaired) electrons. The van der Waals surface area contributed by atoms with Crippen molar-refractivity contribution in [1.82, 2.24) is 5.32 Å². The van der Waals surface area contributed by atoms with E-state index in [9.17, 15) is 13.2 Å². The first-order valence-electron chi connectivity index (χ1n) is 7.33. The first-order valence-corrected chi connectivity index (χ1v) is 11.0. The molecule has 2 rings (SSSR count). The fourth-order valence-electron chi connectivity index (χ4n) is 1.90. The lowest BCUT2D eigenvalue weighted by Gasteiger charge is -2.05. The molecule has 2 aromatic rings. The summed E-state index contributed by atoms with van der Waals surface area (Å²) in [6, 6.07) is 10.7. The summed E-state index contributed by atoms with van der Waals surface area (Å²) < 4.78 is 28.8. The molecule has 0 aliphatic heterocycles. The number of rotatable bonds is 8. The van der Waals surface area contributed by atoms with Crippen molar-refractivity contribution in [3.63, 3.8) is 0 Å². The summed E-state index contributed by atoms with van der Waals surface area (Å²) in [5.41, 5.74) is 0. The lowest BCUT2D eigenvalue weighted by molar-refractivity contribution is 0.0920. The topological polar surface area (TPSA) is 76.4 Å². The van der Waals surface area contributed by atoms with E-state index in [1.165, 1.54) is 17.0 Å². The van der Waals surface area contributed by atoms with Crippen LogP contribution in [-0.4, -0.2) is 32.9 Å². The highest BCUT2D eigenvalue weighted by Crippen LogP contribution is 2.27. The molecule has 0 aliphatic carbocycles. The van der Waals surface area contributed by atoms with Crippen LogP contribution in [0.5, 0.6) is 0 Å². The first kappa shape index (κ1) is 19.1. The van der Waals surface area contributed by atoms with E-state index >= 15 is 0 Å². The molecule has 0 saturated carbocycles. The van der Waals surface area contributed by atoms with Gasteiger partial charge in [0.15, 0.2) is 5.76 Å². The minimum Gasteiger partial charge on any atom is -0.440 e. The lowest BCUT2D eigenvalue weighted by atomic mass is 10.3. The number of amides is 1. The van der Waals surface area contributed by atoms with Crippen LogP contribution in [0.1, 0.15) is 23.4 Å². The summed E-state index contributed by atoms with van der Waals surface area (Å²) >= 11 is 5.27. The number of carbonyl (C=O) groups excluding carboxylic acids is 1. The molecule has 1 aromatic carbocycles. The summed E-state index contributed by atoms with van der Waals surface area (Å²) in [4.78, 5) is 13.1. The molecule has 0 saturated heterocycles. The zero-order valence-electron chi connectivity index (χ0n) is 13.1. The minimum absolute atomic E-state index is 0.0121. The smallest absolute Gasteiger partial charge is 0.287 e. The van der Waals surface area contributed by atoms with E-state index in [1.807, 2.05) is 18.2 Å². The van der Waals surface area contributed by atoms with Crippen LogP contribution in [-0.2, 0) is 9.84 Å². The molecule has 5 nitrogen and oxygen atoms in total. The second-order valence-corrected chi connectivity index (χ2v) is 9.07. The number of unbranched alkanes of at least 4 members (excludes halogenated alkanes) is 1. The number of halogens is 1. The van der Waals surface area contributed by atoms with Crippen LogP contribution < -0.4 is 5.32 Å². The summed E-state index contributed by atoms with van der Waals surface area (Å²) in [5, 5.41) is 2.53. The van der Waals surface area contributed by atoms with Crippen molar-refractivity contribution >= 4 is 43.4 Å². The highest BCUT2D eigenvalue weighted by Gasteiger charge is 2.16. The maximum Gasteiger partial charge on any atom is 0.287 e. The van der Waals surface area contributed by atoms with Crippen LogP contribution in [0, 0.1) is 0 Å². The molecule has 0 unspecified atom stereocenters. The summed E-state index contributed by atoms with van der Waals surface area (Å²) in [6.45, 7) is 0.518. The Hall–Kier alpha value is -1.25. The fourth-order valence-corrected chi connectivity index (χ4v) is 4.04. The molecule has 1 amide bonds. The molecule has 0 fully saturated rings. The average molecular weight is 432 g/mol. The SMILES string of the molecule is CS(=O)(=O)c1ccc(C(=O)NCCCCSc2ccccc2Br)o1. The predicted octanol–water partition coefficient (Wildman–Crippen LogP) is 3.75. The molecule has 1 aromatic heterocycles. The summed E-state index contributed by atoms with van der Waals surface area (Å²) in [6.07, 6.45) is 2.83. The van der Waals surface area contributed by atoms with E-state index in [-0.39, 0.29) is 10.9 Å². The molecule has 0 spiro atoms. The maximum absolute atomic E-state index is 11.9. The number of nitrogens with one attached hydrogen (secondary N) is 1. The largest absolute Gasteiger partial charge is 0.440 e. The number of benzene rings is 1. The molecule has 130 valence electrons. The van der Waals surface area contributed by atoms with Crippen LogP contribution in [0.15, 0.2) is 55.3 Å². The van der Waals surface area contributed by atoms with Gasteiger partial charge >= 0.3 is 0 Å². The Morgan fingerprint density at radius 3 is 2.62 bits per heavy atom. The molecule has 8 heteroatoms. The highest BCUT2D eigenvalue weighted by molar-refractivity contribution is 9.10. The lowest BCUT2D eigenvalue weighted by Crippen LogP contribution is -2.24. The van der Waals surface area contributed by atoms with Gasteiger partial charge in [0, 0.05) is 22.2 Å². The van der Waals surface area contributed by atoms with E-state index in [0.717, 1.165) is 29.3 Å². The molecule has 1 heterocycles. The van der Waals surface area contributed by atoms with E-state index in [0.29, 0.717) is 6.54 Å². The monoisotopic (exact) mass is 431 g/mol. The number of sulfone groups is 1. The Bertz CT molecular complexity index is 802. The van der Waals surface area contributed by atoms with Crippen LogP contribution >= 0.6 is 27.7 Å². The number of hydrogen-bond acceptors (Lipinski definition) is 5. The normalized spacial score (nSPS) is 11.4. The first-order chi connectivity index (χ1) is 11.4. The van der Waals surface area contributed by atoms with Gasteiger partial charge in [-0.25, -0.2) is 8.42 Å². The quantitative estimate of drug-likeness (QED) is 0.508. The fraction of sp³-hybridized carbons (Fsp3) is 0.312. The molecular formula is C16H18BrNO4S2. The zero-order valence-corrected chi connectivity index (χ0v) is 16.3. The maximum atomic E-state index is 11.9. The Kier molecular flexibility index (Phi) is 6.94. The van der Waals surface area contributed by atoms with Gasteiger partial charge in [-0.2, -0.15) is 0 Å². The molecule has 1 N–H and O–H groups in total. The second kappa shape index (κ2) is 8.73. The van der Waals surface area contributed by atoms with Crippen molar-refractivity contribution in [3.8, 4) is 0 Å². The van der Waals surface area contributed by atoms with E-state index in [4.69, 9.17) is 4.42 Å². The third-order valence-electron chi connectivity index (χ3n) is 3.12. The predicted molar refractivity (Wildman–Crippen MR) is 98.3 cm³/mol. The Morgan fingerprint density at radius 1 is 1.21 bits per heavy atom. The van der Waals surface area contributed by atoms with Gasteiger partial charge in [-0.3, -0.25) is 4.79 Å². The van der Waals surface area contributed by atoms with Crippen molar-refractivity contribution in [1.29, 1.82) is 0 Å². The molecule has 0 atom stereocenters. The minimum atomic E-state index is -3.43. The number of thioether (sulfide) groups is 1. The molecule has 0 aliphatic rings. The zero-order chi connectivity index (χ0) is 17.6. The third-order valence-corrected chi connectivity index (χ3v) is 6.19. The van der Waals surface area contributed by atoms with Crippen molar-refractivity contribution in [2.24, 2.45) is 0 Å². The van der Waals surface area contributed by atoms with Gasteiger partial charge in [-0.15, -0.1) is 11.8 Å². The van der Waals surface area contributed by atoms with Gasteiger partial charge in [0.25, 0.3) is 5.91 Å². The van der Waals surface area contributed by atoms with Gasteiger partial charge in [0.1, 0.15) is 0 Å². The Balaban J connectivity index is 1.68. The van der Waals surface area contributed by atoms with Crippen molar-refractivity contribution in [3.05, 3.63) is 46.6 Å². The van der Waals surface area contributed by atoms with Gasteiger partial charge in [0.2, 0.25) is 14.9 Å². The van der Waals surface area contributed by atoms with Crippen molar-refractivity contribution in [2.75, 3.05) is 18.6 Å². The van der Waals surface area contributed by atoms with Crippen molar-refractivity contribution in [2.45, 2.75) is 22.8 Å². The van der Waals surface area contributed by atoms with E-state index in [1.54, 1.807) is 11.8 Å². The average Bonchev–Trinajstić information content (AvgIpc) is 3.02. The van der Waals surface area contributed by atoms with Gasteiger partial charge in [0.05, 0.1) is 0 Å². The summed E-state index contributed by atoms with van der Waals surface area (Å²) in [7, 11) is -3.43. The molecule has 0 bridgehead atoms. The van der Waals surface area contributed by atoms with Gasteiger partial charge < -0.3 is 9.73 Å². The van der Waals surface area contributed by atoms with Crippen LogP contribution in [0.25, 0.3) is 0 Å². The van der Waals surface area contributed by atoms with Gasteiger partial charge in [-0.1, -0.05) is 12.1 Å². The van der Waals surface area contributed by atoms with Crippen LogP contribution in [0.4, 0.5) is 0 Å². The number of hydrogen-bond donors (Lipinski definition) is 1. The Morgan fingerprint density at radius 2 is 1.96 bits per heavy atom. The van der Waals surface area contributed by atoms with Crippen LogP contribution in [0.3, 0.4) is 0 Å². The van der Waals surface area contributed by atoms with E-state index < -0.39 is 15.7 Å². The van der Waals surface area contributed by atoms with Crippen LogP contribution in [0.2, 0.25) is 0 Å². The van der Waals surface area contributed by atoms with E-state index in [2.05, 4.69) is 27.3 Å².